The molecule has 0 aromatic heterocycles. The van der Waals surface area contributed by atoms with Gasteiger partial charge in [0, 0.05) is 31.0 Å². The Labute approximate surface area is 161 Å². The van der Waals surface area contributed by atoms with E-state index >= 15 is 0 Å². The largest absolute Gasteiger partial charge is 0.378 e. The Morgan fingerprint density at radius 2 is 1.81 bits per heavy atom. The van der Waals surface area contributed by atoms with Crippen molar-refractivity contribution in [1.82, 2.24) is 4.90 Å². The molecule has 5 heteroatoms. The summed E-state index contributed by atoms with van der Waals surface area (Å²) in [5.41, 5.74) is 4.49. The minimum absolute atomic E-state index is 0.00482. The molecule has 1 amide bonds. The van der Waals surface area contributed by atoms with Crippen LogP contribution < -0.4 is 10.2 Å². The SMILES string of the molecule is Cc1ccccc1CN(C)C(C)C(=O)Nc1ccc(N2CCOCC2)cc1. The molecule has 1 N–H and O–H groups in total. The molecule has 0 radical (unpaired) electrons. The van der Waals surface area contributed by atoms with Gasteiger partial charge >= 0.3 is 0 Å². The van der Waals surface area contributed by atoms with Crippen LogP contribution in [0, 0.1) is 6.92 Å². The number of aryl methyl sites for hydroxylation is 1. The first-order valence-electron chi connectivity index (χ1n) is 9.53. The van der Waals surface area contributed by atoms with Crippen LogP contribution >= 0.6 is 0 Å². The average Bonchev–Trinajstić information content (AvgIpc) is 2.70. The fraction of sp³-hybridized carbons (Fsp3) is 0.409. The van der Waals surface area contributed by atoms with E-state index in [0.29, 0.717) is 0 Å². The number of nitrogens with zero attached hydrogens (tertiary/aromatic N) is 2. The molecule has 1 saturated heterocycles. The van der Waals surface area contributed by atoms with Crippen LogP contribution in [0.3, 0.4) is 0 Å². The molecule has 0 saturated carbocycles. The van der Waals surface area contributed by atoms with Gasteiger partial charge in [0.25, 0.3) is 0 Å². The lowest BCUT2D eigenvalue weighted by molar-refractivity contribution is -0.120. The van der Waals surface area contributed by atoms with Gasteiger partial charge in [-0.2, -0.15) is 0 Å². The second kappa shape index (κ2) is 9.02. The predicted octanol–water partition coefficient (Wildman–Crippen LogP) is 3.29. The number of nitrogens with one attached hydrogen (secondary N) is 1. The van der Waals surface area contributed by atoms with E-state index in [-0.39, 0.29) is 11.9 Å². The van der Waals surface area contributed by atoms with E-state index < -0.39 is 0 Å². The zero-order chi connectivity index (χ0) is 19.2. The molecule has 0 spiro atoms. The molecule has 1 aliphatic heterocycles. The van der Waals surface area contributed by atoms with E-state index in [1.165, 1.54) is 16.8 Å². The number of anilines is 2. The molecular weight excluding hydrogens is 338 g/mol. The highest BCUT2D eigenvalue weighted by Gasteiger charge is 2.19. The summed E-state index contributed by atoms with van der Waals surface area (Å²) in [6.07, 6.45) is 0. The zero-order valence-corrected chi connectivity index (χ0v) is 16.4. The summed E-state index contributed by atoms with van der Waals surface area (Å²) in [6, 6.07) is 16.1. The average molecular weight is 367 g/mol. The number of carbonyl (C=O) groups is 1. The lowest BCUT2D eigenvalue weighted by Gasteiger charge is -2.29. The first kappa shape index (κ1) is 19.4. The minimum atomic E-state index is -0.219. The first-order valence-corrected chi connectivity index (χ1v) is 9.53. The fourth-order valence-electron chi connectivity index (χ4n) is 3.22. The van der Waals surface area contributed by atoms with Crippen molar-refractivity contribution >= 4 is 17.3 Å². The molecule has 1 atom stereocenters. The van der Waals surface area contributed by atoms with Crippen LogP contribution in [0.4, 0.5) is 11.4 Å². The second-order valence-corrected chi connectivity index (χ2v) is 7.15. The fourth-order valence-corrected chi connectivity index (χ4v) is 3.22. The van der Waals surface area contributed by atoms with Crippen molar-refractivity contribution in [2.24, 2.45) is 0 Å². The molecular formula is C22H29N3O2. The number of ether oxygens (including phenoxy) is 1. The summed E-state index contributed by atoms with van der Waals surface area (Å²) in [4.78, 5) is 17.0. The number of morpholine rings is 1. The molecule has 0 aliphatic carbocycles. The molecule has 1 aliphatic rings. The summed E-state index contributed by atoms with van der Waals surface area (Å²) < 4.78 is 5.39. The van der Waals surface area contributed by atoms with Gasteiger partial charge in [-0.05, 0) is 56.3 Å². The molecule has 1 heterocycles. The monoisotopic (exact) mass is 367 g/mol. The van der Waals surface area contributed by atoms with E-state index in [1.54, 1.807) is 0 Å². The van der Waals surface area contributed by atoms with Crippen molar-refractivity contribution in [2.45, 2.75) is 26.4 Å². The van der Waals surface area contributed by atoms with Crippen LogP contribution in [-0.4, -0.2) is 50.2 Å². The third kappa shape index (κ3) is 5.08. The maximum atomic E-state index is 12.6. The van der Waals surface area contributed by atoms with E-state index in [1.807, 2.05) is 38.2 Å². The molecule has 27 heavy (non-hydrogen) atoms. The number of hydrogen-bond acceptors (Lipinski definition) is 4. The quantitative estimate of drug-likeness (QED) is 0.851. The maximum Gasteiger partial charge on any atom is 0.241 e. The van der Waals surface area contributed by atoms with Gasteiger partial charge in [-0.25, -0.2) is 0 Å². The van der Waals surface area contributed by atoms with Crippen LogP contribution in [0.15, 0.2) is 48.5 Å². The molecule has 1 unspecified atom stereocenters. The Hall–Kier alpha value is -2.37. The molecule has 0 bridgehead atoms. The van der Waals surface area contributed by atoms with Crippen molar-refractivity contribution < 1.29 is 9.53 Å². The summed E-state index contributed by atoms with van der Waals surface area (Å²) in [7, 11) is 1.98. The highest BCUT2D eigenvalue weighted by atomic mass is 16.5. The van der Waals surface area contributed by atoms with Crippen molar-refractivity contribution in [3.63, 3.8) is 0 Å². The topological polar surface area (TPSA) is 44.8 Å². The van der Waals surface area contributed by atoms with Crippen molar-refractivity contribution in [3.05, 3.63) is 59.7 Å². The van der Waals surface area contributed by atoms with Crippen LogP contribution in [0.2, 0.25) is 0 Å². The van der Waals surface area contributed by atoms with Gasteiger partial charge in [0.05, 0.1) is 19.3 Å². The molecule has 2 aromatic rings. The Morgan fingerprint density at radius 1 is 1.15 bits per heavy atom. The lowest BCUT2D eigenvalue weighted by atomic mass is 10.1. The minimum Gasteiger partial charge on any atom is -0.378 e. The van der Waals surface area contributed by atoms with E-state index in [4.69, 9.17) is 4.74 Å². The van der Waals surface area contributed by atoms with E-state index in [9.17, 15) is 4.79 Å². The number of rotatable bonds is 6. The molecule has 5 nitrogen and oxygen atoms in total. The molecule has 2 aromatic carbocycles. The third-order valence-corrected chi connectivity index (χ3v) is 5.23. The van der Waals surface area contributed by atoms with Crippen LogP contribution in [-0.2, 0) is 16.1 Å². The Morgan fingerprint density at radius 3 is 2.48 bits per heavy atom. The normalized spacial score (nSPS) is 15.6. The molecule has 1 fully saturated rings. The van der Waals surface area contributed by atoms with Crippen LogP contribution in [0.1, 0.15) is 18.1 Å². The van der Waals surface area contributed by atoms with Gasteiger partial charge in [-0.15, -0.1) is 0 Å². The highest BCUT2D eigenvalue weighted by molar-refractivity contribution is 5.94. The number of carbonyl (C=O) groups excluding carboxylic acids is 1. The second-order valence-electron chi connectivity index (χ2n) is 7.15. The summed E-state index contributed by atoms with van der Waals surface area (Å²) >= 11 is 0. The molecule has 3 rings (SSSR count). The van der Waals surface area contributed by atoms with Crippen molar-refractivity contribution in [2.75, 3.05) is 43.6 Å². The van der Waals surface area contributed by atoms with Crippen molar-refractivity contribution in [1.29, 1.82) is 0 Å². The Kier molecular flexibility index (Phi) is 6.48. The molecule has 144 valence electrons. The van der Waals surface area contributed by atoms with Gasteiger partial charge in [-0.1, -0.05) is 24.3 Å². The van der Waals surface area contributed by atoms with Gasteiger partial charge in [0.1, 0.15) is 0 Å². The number of likely N-dealkylation sites (N-methyl/N-ethyl adjacent to an activating group) is 1. The Balaban J connectivity index is 1.56. The highest BCUT2D eigenvalue weighted by Crippen LogP contribution is 2.19. The maximum absolute atomic E-state index is 12.6. The first-order chi connectivity index (χ1) is 13.0. The number of benzene rings is 2. The zero-order valence-electron chi connectivity index (χ0n) is 16.4. The summed E-state index contributed by atoms with van der Waals surface area (Å²) in [5, 5.41) is 3.03. The van der Waals surface area contributed by atoms with Crippen LogP contribution in [0.5, 0.6) is 0 Å². The van der Waals surface area contributed by atoms with Gasteiger partial charge in [0.2, 0.25) is 5.91 Å². The van der Waals surface area contributed by atoms with E-state index in [2.05, 4.69) is 46.3 Å². The number of hydrogen-bond donors (Lipinski definition) is 1. The lowest BCUT2D eigenvalue weighted by Crippen LogP contribution is -2.39. The van der Waals surface area contributed by atoms with Gasteiger partial charge in [0.15, 0.2) is 0 Å². The summed E-state index contributed by atoms with van der Waals surface area (Å²) in [6.45, 7) is 8.14. The third-order valence-electron chi connectivity index (χ3n) is 5.23. The van der Waals surface area contributed by atoms with Gasteiger partial charge < -0.3 is 15.0 Å². The van der Waals surface area contributed by atoms with Crippen LogP contribution in [0.25, 0.3) is 0 Å². The summed E-state index contributed by atoms with van der Waals surface area (Å²) in [5.74, 6) is 0.00482. The standard InChI is InChI=1S/C22H29N3O2/c1-17-6-4-5-7-19(17)16-24(3)18(2)22(26)23-20-8-10-21(11-9-20)25-12-14-27-15-13-25/h4-11,18H,12-16H2,1-3H3,(H,23,26). The van der Waals surface area contributed by atoms with Crippen molar-refractivity contribution in [3.8, 4) is 0 Å². The Bertz CT molecular complexity index is 754. The predicted molar refractivity (Wildman–Crippen MR) is 110 cm³/mol. The number of amides is 1. The smallest absolute Gasteiger partial charge is 0.241 e. The van der Waals surface area contributed by atoms with Gasteiger partial charge in [-0.3, -0.25) is 9.69 Å². The van der Waals surface area contributed by atoms with E-state index in [0.717, 1.165) is 38.5 Å².